The van der Waals surface area contributed by atoms with Gasteiger partial charge in [-0.15, -0.1) is 0 Å². The fourth-order valence-corrected chi connectivity index (χ4v) is 7.21. The van der Waals surface area contributed by atoms with Crippen molar-refractivity contribution in [1.29, 1.82) is 0 Å². The lowest BCUT2D eigenvalue weighted by atomic mass is 10.0. The van der Waals surface area contributed by atoms with E-state index in [1.54, 1.807) is 0 Å². The van der Waals surface area contributed by atoms with Crippen LogP contribution >= 0.6 is 11.8 Å². The molecule has 0 aromatic heterocycles. The van der Waals surface area contributed by atoms with Crippen LogP contribution in [-0.2, 0) is 19.1 Å². The van der Waals surface area contributed by atoms with Gasteiger partial charge in [-0.3, -0.25) is 14.4 Å². The van der Waals surface area contributed by atoms with Crippen LogP contribution < -0.4 is 0 Å². The van der Waals surface area contributed by atoms with E-state index in [9.17, 15) is 14.4 Å². The average molecular weight is 727 g/mol. The molecule has 0 spiro atoms. The molecule has 50 heavy (non-hydrogen) atoms. The van der Waals surface area contributed by atoms with Gasteiger partial charge >= 0.3 is 11.9 Å². The molecule has 0 aliphatic heterocycles. The number of hydrogen-bond donors (Lipinski definition) is 0. The highest BCUT2D eigenvalue weighted by atomic mass is 32.2. The van der Waals surface area contributed by atoms with E-state index in [2.05, 4.69) is 46.4 Å². The van der Waals surface area contributed by atoms with E-state index in [1.165, 1.54) is 93.7 Å². The maximum Gasteiger partial charge on any atom is 0.325 e. The van der Waals surface area contributed by atoms with E-state index in [0.717, 1.165) is 103 Å². The standard InChI is InChI=1S/C42H82N2O5S/c1-7-13-17-21-25-30-38(31-26-22-18-14-8-2)48-40(45)36-44(42(47)50-35-29-34-43(11-5)12-6)37-41(46)49-39(32-27-23-19-15-9-3)33-28-24-20-16-10-4/h38-39H,7-37H2,1-6H3. The van der Waals surface area contributed by atoms with Gasteiger partial charge in [0.1, 0.15) is 25.3 Å². The summed E-state index contributed by atoms with van der Waals surface area (Å²) in [6.45, 7) is 15.6. The number of carbonyl (C=O) groups excluding carboxylic acids is 3. The molecule has 0 rings (SSSR count). The first-order valence-corrected chi connectivity index (χ1v) is 22.4. The summed E-state index contributed by atoms with van der Waals surface area (Å²) in [5, 5.41) is -0.246. The van der Waals surface area contributed by atoms with Gasteiger partial charge in [-0.05, 0) is 77.4 Å². The Labute approximate surface area is 314 Å². The average Bonchev–Trinajstić information content (AvgIpc) is 3.10. The van der Waals surface area contributed by atoms with Crippen LogP contribution in [0.2, 0.25) is 0 Å². The van der Waals surface area contributed by atoms with Gasteiger partial charge in [0.25, 0.3) is 5.24 Å². The SMILES string of the molecule is CCCCCCCC(CCCCCCC)OC(=O)CN(CC(=O)OC(CCCCCCC)CCCCCCC)C(=O)SCCCN(CC)CC. The third-order valence-electron chi connectivity index (χ3n) is 9.75. The first-order chi connectivity index (χ1) is 24.3. The minimum absolute atomic E-state index is 0.138. The zero-order valence-electron chi connectivity index (χ0n) is 33.9. The first kappa shape index (κ1) is 48.7. The molecule has 0 fully saturated rings. The minimum atomic E-state index is -0.412. The van der Waals surface area contributed by atoms with Crippen LogP contribution in [0.15, 0.2) is 0 Å². The highest BCUT2D eigenvalue weighted by molar-refractivity contribution is 8.13. The molecule has 0 unspecified atom stereocenters. The predicted octanol–water partition coefficient (Wildman–Crippen LogP) is 12.1. The fraction of sp³-hybridized carbons (Fsp3) is 0.929. The van der Waals surface area contributed by atoms with Crippen molar-refractivity contribution < 1.29 is 23.9 Å². The minimum Gasteiger partial charge on any atom is -0.461 e. The molecule has 0 bridgehead atoms. The summed E-state index contributed by atoms with van der Waals surface area (Å²) < 4.78 is 12.1. The monoisotopic (exact) mass is 727 g/mol. The second-order valence-electron chi connectivity index (χ2n) is 14.4. The first-order valence-electron chi connectivity index (χ1n) is 21.4. The number of unbranched alkanes of at least 4 members (excludes halogenated alkanes) is 16. The number of carbonyl (C=O) groups is 3. The van der Waals surface area contributed by atoms with Gasteiger partial charge in [-0.25, -0.2) is 0 Å². The molecule has 0 N–H and O–H groups in total. The summed E-state index contributed by atoms with van der Waals surface area (Å²) in [7, 11) is 0. The number of thioether (sulfide) groups is 1. The molecule has 0 aliphatic rings. The van der Waals surface area contributed by atoms with Crippen LogP contribution in [0.3, 0.4) is 0 Å². The molecular formula is C42H82N2O5S. The summed E-state index contributed by atoms with van der Waals surface area (Å²) in [6, 6.07) is 0. The molecular weight excluding hydrogens is 645 g/mol. The van der Waals surface area contributed by atoms with Crippen LogP contribution in [0.1, 0.15) is 202 Å². The number of nitrogens with zero attached hydrogens (tertiary/aromatic N) is 2. The van der Waals surface area contributed by atoms with Crippen LogP contribution in [0.25, 0.3) is 0 Å². The Kier molecular flexibility index (Phi) is 35.2. The van der Waals surface area contributed by atoms with Gasteiger partial charge in [-0.2, -0.15) is 0 Å². The molecule has 8 heteroatoms. The largest absolute Gasteiger partial charge is 0.461 e. The van der Waals surface area contributed by atoms with Crippen molar-refractivity contribution in [3.05, 3.63) is 0 Å². The maximum atomic E-state index is 13.5. The summed E-state index contributed by atoms with van der Waals surface area (Å²) in [6.07, 6.45) is 27.4. The molecule has 296 valence electrons. The summed E-state index contributed by atoms with van der Waals surface area (Å²) in [4.78, 5) is 44.1. The molecule has 0 aliphatic carbocycles. The van der Waals surface area contributed by atoms with Gasteiger partial charge in [0.15, 0.2) is 0 Å². The predicted molar refractivity (Wildman–Crippen MR) is 215 cm³/mol. The Morgan fingerprint density at radius 2 is 0.820 bits per heavy atom. The fourth-order valence-electron chi connectivity index (χ4n) is 6.45. The molecule has 0 atom stereocenters. The van der Waals surface area contributed by atoms with Crippen LogP contribution in [-0.4, -0.2) is 77.7 Å². The number of esters is 2. The molecule has 0 radical (unpaired) electrons. The van der Waals surface area contributed by atoms with Crippen molar-refractivity contribution in [3.63, 3.8) is 0 Å². The Morgan fingerprint density at radius 1 is 0.480 bits per heavy atom. The zero-order valence-corrected chi connectivity index (χ0v) is 34.7. The van der Waals surface area contributed by atoms with E-state index < -0.39 is 11.9 Å². The summed E-state index contributed by atoms with van der Waals surface area (Å²) in [5.74, 6) is -0.178. The van der Waals surface area contributed by atoms with Crippen LogP contribution in [0.4, 0.5) is 4.79 Å². The second kappa shape index (κ2) is 36.1. The van der Waals surface area contributed by atoms with E-state index >= 15 is 0 Å². The van der Waals surface area contributed by atoms with E-state index in [-0.39, 0.29) is 30.5 Å². The Morgan fingerprint density at radius 3 is 1.14 bits per heavy atom. The molecule has 0 saturated carbocycles. The van der Waals surface area contributed by atoms with Crippen molar-refractivity contribution in [1.82, 2.24) is 9.80 Å². The zero-order chi connectivity index (χ0) is 37.1. The Balaban J connectivity index is 5.53. The highest BCUT2D eigenvalue weighted by Crippen LogP contribution is 2.20. The number of ether oxygens (including phenoxy) is 2. The van der Waals surface area contributed by atoms with Crippen molar-refractivity contribution in [2.75, 3.05) is 38.5 Å². The van der Waals surface area contributed by atoms with Crippen molar-refractivity contribution >= 4 is 28.9 Å². The molecule has 7 nitrogen and oxygen atoms in total. The summed E-state index contributed by atoms with van der Waals surface area (Å²) >= 11 is 1.20. The quantitative estimate of drug-likeness (QED) is 0.0470. The topological polar surface area (TPSA) is 76.1 Å². The molecule has 0 aromatic carbocycles. The normalized spacial score (nSPS) is 11.5. The summed E-state index contributed by atoms with van der Waals surface area (Å²) in [5.41, 5.74) is 0. The van der Waals surface area contributed by atoms with Gasteiger partial charge in [0, 0.05) is 5.75 Å². The van der Waals surface area contributed by atoms with Gasteiger partial charge in [-0.1, -0.05) is 156 Å². The Hall–Kier alpha value is -1.28. The third kappa shape index (κ3) is 29.3. The van der Waals surface area contributed by atoms with Gasteiger partial charge in [0.05, 0.1) is 0 Å². The highest BCUT2D eigenvalue weighted by Gasteiger charge is 2.25. The number of rotatable bonds is 36. The van der Waals surface area contributed by atoms with Gasteiger partial charge in [0.2, 0.25) is 0 Å². The lowest BCUT2D eigenvalue weighted by Crippen LogP contribution is -2.40. The number of hydrogen-bond acceptors (Lipinski definition) is 7. The van der Waals surface area contributed by atoms with E-state index in [0.29, 0.717) is 5.75 Å². The van der Waals surface area contributed by atoms with Crippen molar-refractivity contribution in [2.45, 2.75) is 214 Å². The Bertz CT molecular complexity index is 718. The molecule has 0 saturated heterocycles. The maximum absolute atomic E-state index is 13.5. The lowest BCUT2D eigenvalue weighted by molar-refractivity contribution is -0.153. The van der Waals surface area contributed by atoms with Crippen LogP contribution in [0.5, 0.6) is 0 Å². The van der Waals surface area contributed by atoms with E-state index in [1.807, 2.05) is 0 Å². The lowest BCUT2D eigenvalue weighted by Gasteiger charge is -2.25. The third-order valence-corrected chi connectivity index (χ3v) is 10.7. The molecule has 0 aromatic rings. The van der Waals surface area contributed by atoms with Crippen molar-refractivity contribution in [2.24, 2.45) is 0 Å². The second-order valence-corrected chi connectivity index (χ2v) is 15.4. The molecule has 0 heterocycles. The van der Waals surface area contributed by atoms with E-state index in [4.69, 9.17) is 9.47 Å². The van der Waals surface area contributed by atoms with Crippen LogP contribution in [0, 0.1) is 0 Å². The van der Waals surface area contributed by atoms with Crippen molar-refractivity contribution in [3.8, 4) is 0 Å². The molecule has 1 amide bonds. The van der Waals surface area contributed by atoms with Gasteiger partial charge < -0.3 is 19.3 Å². The number of amides is 1. The smallest absolute Gasteiger partial charge is 0.325 e.